The summed E-state index contributed by atoms with van der Waals surface area (Å²) in [6.45, 7) is 14.9. The van der Waals surface area contributed by atoms with E-state index < -0.39 is 0 Å². The lowest BCUT2D eigenvalue weighted by Crippen LogP contribution is -2.50. The molecule has 7 heteroatoms. The minimum absolute atomic E-state index is 0. The first-order valence-corrected chi connectivity index (χ1v) is 10.2. The standard InChI is InChI=1S/C20H41N5O.HI/c1-16(2)17(25-13-9-7-8-10-14-25)15-24-19(21-6)23-12-11-22-18(26)20(3,4)5;/h16-17H,7-15H2,1-6H3,(H,22,26)(H2,21,23,24);1H. The van der Waals surface area contributed by atoms with E-state index in [2.05, 4.69) is 39.7 Å². The average molecular weight is 495 g/mol. The number of halogens is 1. The summed E-state index contributed by atoms with van der Waals surface area (Å²) in [6.07, 6.45) is 5.34. The largest absolute Gasteiger partial charge is 0.355 e. The Balaban J connectivity index is 0.00000676. The third kappa shape index (κ3) is 10.5. The molecule has 0 aliphatic carbocycles. The minimum atomic E-state index is -0.350. The summed E-state index contributed by atoms with van der Waals surface area (Å²) in [5, 5.41) is 9.71. The number of nitrogens with one attached hydrogen (secondary N) is 3. The second kappa shape index (κ2) is 13.6. The maximum atomic E-state index is 11.9. The van der Waals surface area contributed by atoms with Crippen molar-refractivity contribution in [1.29, 1.82) is 0 Å². The van der Waals surface area contributed by atoms with Gasteiger partial charge in [0, 0.05) is 38.1 Å². The zero-order valence-electron chi connectivity index (χ0n) is 18.2. The van der Waals surface area contributed by atoms with Crippen molar-refractivity contribution in [2.24, 2.45) is 16.3 Å². The van der Waals surface area contributed by atoms with Gasteiger partial charge in [-0.3, -0.25) is 14.7 Å². The van der Waals surface area contributed by atoms with Crippen molar-refractivity contribution in [3.8, 4) is 0 Å². The molecule has 1 unspecified atom stereocenters. The van der Waals surface area contributed by atoms with Crippen LogP contribution in [0.3, 0.4) is 0 Å². The monoisotopic (exact) mass is 495 g/mol. The molecule has 1 fully saturated rings. The third-order valence-electron chi connectivity index (χ3n) is 4.97. The van der Waals surface area contributed by atoms with Gasteiger partial charge < -0.3 is 16.0 Å². The van der Waals surface area contributed by atoms with Gasteiger partial charge in [0.05, 0.1) is 0 Å². The number of guanidine groups is 1. The van der Waals surface area contributed by atoms with Crippen molar-refractivity contribution < 1.29 is 4.79 Å². The van der Waals surface area contributed by atoms with E-state index in [1.54, 1.807) is 7.05 Å². The maximum absolute atomic E-state index is 11.9. The molecule has 0 spiro atoms. The third-order valence-corrected chi connectivity index (χ3v) is 4.97. The second-order valence-electron chi connectivity index (χ2n) is 8.65. The lowest BCUT2D eigenvalue weighted by molar-refractivity contribution is -0.128. The number of hydrogen-bond donors (Lipinski definition) is 3. The van der Waals surface area contributed by atoms with E-state index in [1.807, 2.05) is 20.8 Å². The fraction of sp³-hybridized carbons (Fsp3) is 0.900. The fourth-order valence-corrected chi connectivity index (χ4v) is 3.26. The predicted octanol–water partition coefficient (Wildman–Crippen LogP) is 2.83. The highest BCUT2D eigenvalue weighted by Crippen LogP contribution is 2.17. The summed E-state index contributed by atoms with van der Waals surface area (Å²) in [5.41, 5.74) is -0.350. The van der Waals surface area contributed by atoms with Gasteiger partial charge in [0.1, 0.15) is 0 Å². The molecule has 0 aromatic heterocycles. The minimum Gasteiger partial charge on any atom is -0.355 e. The van der Waals surface area contributed by atoms with E-state index in [9.17, 15) is 4.79 Å². The molecule has 3 N–H and O–H groups in total. The molecule has 0 aromatic rings. The molecule has 0 saturated carbocycles. The van der Waals surface area contributed by atoms with Gasteiger partial charge >= 0.3 is 0 Å². The summed E-state index contributed by atoms with van der Waals surface area (Å²) in [5.74, 6) is 1.48. The van der Waals surface area contributed by atoms with E-state index in [4.69, 9.17) is 0 Å². The van der Waals surface area contributed by atoms with Crippen LogP contribution in [0.2, 0.25) is 0 Å². The molecular formula is C20H42IN5O. The first-order valence-electron chi connectivity index (χ1n) is 10.2. The van der Waals surface area contributed by atoms with Crippen molar-refractivity contribution in [2.75, 3.05) is 39.8 Å². The van der Waals surface area contributed by atoms with Gasteiger partial charge in [-0.05, 0) is 31.8 Å². The van der Waals surface area contributed by atoms with Crippen molar-refractivity contribution >= 4 is 35.8 Å². The summed E-state index contributed by atoms with van der Waals surface area (Å²) >= 11 is 0. The molecule has 0 radical (unpaired) electrons. The lowest BCUT2D eigenvalue weighted by Gasteiger charge is -2.34. The molecule has 1 aliphatic heterocycles. The van der Waals surface area contributed by atoms with E-state index >= 15 is 0 Å². The summed E-state index contributed by atoms with van der Waals surface area (Å²) in [4.78, 5) is 18.8. The van der Waals surface area contributed by atoms with Gasteiger partial charge in [-0.1, -0.05) is 47.5 Å². The zero-order chi connectivity index (χ0) is 19.6. The summed E-state index contributed by atoms with van der Waals surface area (Å²) in [7, 11) is 1.79. The Bertz CT molecular complexity index is 440. The van der Waals surface area contributed by atoms with E-state index in [0.717, 1.165) is 12.5 Å². The number of nitrogens with zero attached hydrogens (tertiary/aromatic N) is 2. The Kier molecular flexibility index (Phi) is 13.3. The highest BCUT2D eigenvalue weighted by atomic mass is 127. The van der Waals surface area contributed by atoms with Crippen LogP contribution < -0.4 is 16.0 Å². The normalized spacial score (nSPS) is 17.7. The van der Waals surface area contributed by atoms with Crippen LogP contribution in [0.5, 0.6) is 0 Å². The first kappa shape index (κ1) is 26.4. The highest BCUT2D eigenvalue weighted by Gasteiger charge is 2.23. The van der Waals surface area contributed by atoms with E-state index in [0.29, 0.717) is 25.0 Å². The van der Waals surface area contributed by atoms with Crippen LogP contribution in [-0.2, 0) is 4.79 Å². The molecular weight excluding hydrogens is 453 g/mol. The Morgan fingerprint density at radius 2 is 1.56 bits per heavy atom. The first-order chi connectivity index (χ1) is 12.3. The number of carbonyl (C=O) groups is 1. The number of aliphatic imine (C=N–C) groups is 1. The van der Waals surface area contributed by atoms with Gasteiger partial charge in [-0.25, -0.2) is 0 Å². The van der Waals surface area contributed by atoms with E-state index in [-0.39, 0.29) is 35.3 Å². The fourth-order valence-electron chi connectivity index (χ4n) is 3.26. The molecule has 1 rings (SSSR count). The number of likely N-dealkylation sites (tertiary alicyclic amines) is 1. The molecule has 1 aliphatic rings. The molecule has 1 saturated heterocycles. The van der Waals surface area contributed by atoms with Crippen molar-refractivity contribution in [1.82, 2.24) is 20.9 Å². The maximum Gasteiger partial charge on any atom is 0.225 e. The number of hydrogen-bond acceptors (Lipinski definition) is 3. The SMILES string of the molecule is CN=C(NCCNC(=O)C(C)(C)C)NCC(C(C)C)N1CCCCCC1.I. The van der Waals surface area contributed by atoms with Crippen molar-refractivity contribution in [2.45, 2.75) is 66.3 Å². The Labute approximate surface area is 183 Å². The topological polar surface area (TPSA) is 68.8 Å². The van der Waals surface area contributed by atoms with E-state index in [1.165, 1.54) is 38.8 Å². The highest BCUT2D eigenvalue weighted by molar-refractivity contribution is 14.0. The molecule has 6 nitrogen and oxygen atoms in total. The molecule has 0 aromatic carbocycles. The van der Waals surface area contributed by atoms with Crippen molar-refractivity contribution in [3.05, 3.63) is 0 Å². The van der Waals surface area contributed by atoms with Gasteiger partial charge in [0.15, 0.2) is 5.96 Å². The molecule has 160 valence electrons. The van der Waals surface area contributed by atoms with Crippen LogP contribution in [0, 0.1) is 11.3 Å². The Hall–Kier alpha value is -0.570. The van der Waals surface area contributed by atoms with Crippen LogP contribution in [-0.4, -0.2) is 62.6 Å². The number of carbonyl (C=O) groups excluding carboxylic acids is 1. The van der Waals surface area contributed by atoms with Gasteiger partial charge in [-0.2, -0.15) is 0 Å². The number of amides is 1. The molecule has 1 atom stereocenters. The lowest BCUT2D eigenvalue weighted by atomic mass is 9.96. The van der Waals surface area contributed by atoms with Gasteiger partial charge in [0.25, 0.3) is 0 Å². The van der Waals surface area contributed by atoms with Gasteiger partial charge in [-0.15, -0.1) is 24.0 Å². The smallest absolute Gasteiger partial charge is 0.225 e. The van der Waals surface area contributed by atoms with Gasteiger partial charge in [0.2, 0.25) is 5.91 Å². The quantitative estimate of drug-likeness (QED) is 0.220. The Morgan fingerprint density at radius 3 is 2.04 bits per heavy atom. The molecule has 0 bridgehead atoms. The molecule has 1 amide bonds. The summed E-state index contributed by atoms with van der Waals surface area (Å²) in [6, 6.07) is 0.521. The zero-order valence-corrected chi connectivity index (χ0v) is 20.6. The predicted molar refractivity (Wildman–Crippen MR) is 126 cm³/mol. The molecule has 1 heterocycles. The summed E-state index contributed by atoms with van der Waals surface area (Å²) < 4.78 is 0. The second-order valence-corrected chi connectivity index (χ2v) is 8.65. The average Bonchev–Trinajstić information content (AvgIpc) is 2.84. The van der Waals surface area contributed by atoms with Crippen LogP contribution >= 0.6 is 24.0 Å². The van der Waals surface area contributed by atoms with Crippen LogP contribution in [0.4, 0.5) is 0 Å². The number of rotatable bonds is 7. The van der Waals surface area contributed by atoms with Crippen LogP contribution in [0.15, 0.2) is 4.99 Å². The van der Waals surface area contributed by atoms with Crippen molar-refractivity contribution in [3.63, 3.8) is 0 Å². The van der Waals surface area contributed by atoms with Crippen LogP contribution in [0.1, 0.15) is 60.3 Å². The Morgan fingerprint density at radius 1 is 1.00 bits per heavy atom. The van der Waals surface area contributed by atoms with Crippen LogP contribution in [0.25, 0.3) is 0 Å². The molecule has 27 heavy (non-hydrogen) atoms.